The Morgan fingerprint density at radius 1 is 1.20 bits per heavy atom. The molecule has 0 amide bonds. The molecule has 0 aliphatic heterocycles. The van der Waals surface area contributed by atoms with Crippen molar-refractivity contribution in [3.63, 3.8) is 0 Å². The van der Waals surface area contributed by atoms with E-state index in [9.17, 15) is 0 Å². The van der Waals surface area contributed by atoms with E-state index in [1.807, 2.05) is 24.3 Å². The third-order valence-corrected chi connectivity index (χ3v) is 4.22. The summed E-state index contributed by atoms with van der Waals surface area (Å²) in [5, 5.41) is 1.39. The fourth-order valence-corrected chi connectivity index (χ4v) is 3.22. The number of aryl methyl sites for hydroxylation is 1. The normalized spacial score (nSPS) is 10.9. The molecule has 3 heteroatoms. The molecule has 0 saturated carbocycles. The molecule has 0 unspecified atom stereocenters. The molecular weight excluding hydrogens is 336 g/mol. The van der Waals surface area contributed by atoms with Gasteiger partial charge in [0.25, 0.3) is 0 Å². The molecule has 0 atom stereocenters. The lowest BCUT2D eigenvalue weighted by molar-refractivity contribution is 0.478. The lowest BCUT2D eigenvalue weighted by Crippen LogP contribution is -1.94. The topological polar surface area (TPSA) is 9.23 Å². The van der Waals surface area contributed by atoms with Crippen molar-refractivity contribution in [1.82, 2.24) is 0 Å². The molecule has 2 rings (SSSR count). The molecule has 0 bridgehead atoms. The average Bonchev–Trinajstić information content (AvgIpc) is 2.38. The Kier molecular flexibility index (Phi) is 5.11. The summed E-state index contributed by atoms with van der Waals surface area (Å²) in [6, 6.07) is 11.9. The third kappa shape index (κ3) is 3.36. The molecule has 106 valence electrons. The second-order valence-electron chi connectivity index (χ2n) is 5.13. The van der Waals surface area contributed by atoms with Gasteiger partial charge < -0.3 is 4.74 Å². The van der Waals surface area contributed by atoms with Crippen LogP contribution in [0.5, 0.6) is 11.5 Å². The van der Waals surface area contributed by atoms with E-state index >= 15 is 0 Å². The van der Waals surface area contributed by atoms with Crippen molar-refractivity contribution in [3.8, 4) is 11.5 Å². The van der Waals surface area contributed by atoms with Gasteiger partial charge >= 0.3 is 0 Å². The Morgan fingerprint density at radius 3 is 2.55 bits per heavy atom. The fraction of sp³-hybridized carbons (Fsp3) is 0.294. The number of hydrogen-bond acceptors (Lipinski definition) is 1. The van der Waals surface area contributed by atoms with Crippen molar-refractivity contribution in [1.29, 1.82) is 0 Å². The molecule has 0 saturated heterocycles. The minimum Gasteiger partial charge on any atom is -0.457 e. The SMILES string of the molecule is Cc1cc(Oc2cccc(Cl)c2CBr)ccc1C(C)C. The number of alkyl halides is 1. The van der Waals surface area contributed by atoms with Gasteiger partial charge in [0.2, 0.25) is 0 Å². The van der Waals surface area contributed by atoms with E-state index in [0.717, 1.165) is 22.1 Å². The molecule has 0 fully saturated rings. The number of ether oxygens (including phenoxy) is 1. The van der Waals surface area contributed by atoms with Gasteiger partial charge in [0, 0.05) is 15.9 Å². The van der Waals surface area contributed by atoms with E-state index in [4.69, 9.17) is 16.3 Å². The number of hydrogen-bond donors (Lipinski definition) is 0. The minimum atomic E-state index is 0.522. The van der Waals surface area contributed by atoms with E-state index in [0.29, 0.717) is 11.2 Å². The quantitative estimate of drug-likeness (QED) is 0.573. The van der Waals surface area contributed by atoms with Gasteiger partial charge in [0.15, 0.2) is 0 Å². The van der Waals surface area contributed by atoms with Crippen LogP contribution in [0.3, 0.4) is 0 Å². The first-order chi connectivity index (χ1) is 9.52. The molecule has 0 radical (unpaired) electrons. The van der Waals surface area contributed by atoms with Gasteiger partial charge in [-0.3, -0.25) is 0 Å². The van der Waals surface area contributed by atoms with Crippen LogP contribution in [0.2, 0.25) is 5.02 Å². The summed E-state index contributed by atoms with van der Waals surface area (Å²) in [6.45, 7) is 6.51. The van der Waals surface area contributed by atoms with E-state index < -0.39 is 0 Å². The van der Waals surface area contributed by atoms with Crippen LogP contribution >= 0.6 is 27.5 Å². The molecule has 2 aromatic rings. The molecule has 0 spiro atoms. The average molecular weight is 354 g/mol. The Labute approximate surface area is 134 Å². The Hall–Kier alpha value is -0.990. The zero-order valence-corrected chi connectivity index (χ0v) is 14.3. The minimum absolute atomic E-state index is 0.522. The zero-order valence-electron chi connectivity index (χ0n) is 11.9. The van der Waals surface area contributed by atoms with Gasteiger partial charge in [-0.25, -0.2) is 0 Å². The molecule has 0 aromatic heterocycles. The Morgan fingerprint density at radius 2 is 1.95 bits per heavy atom. The van der Waals surface area contributed by atoms with Crippen LogP contribution in [0.25, 0.3) is 0 Å². The molecule has 20 heavy (non-hydrogen) atoms. The van der Waals surface area contributed by atoms with Crippen LogP contribution in [0.4, 0.5) is 0 Å². The van der Waals surface area contributed by atoms with Gasteiger partial charge in [-0.2, -0.15) is 0 Å². The predicted molar refractivity (Wildman–Crippen MR) is 89.4 cm³/mol. The predicted octanol–water partition coefficient (Wildman–Crippen LogP) is 6.46. The summed E-state index contributed by atoms with van der Waals surface area (Å²) < 4.78 is 5.98. The van der Waals surface area contributed by atoms with Crippen LogP contribution in [-0.2, 0) is 5.33 Å². The maximum Gasteiger partial charge on any atom is 0.132 e. The van der Waals surface area contributed by atoms with Gasteiger partial charge in [0.05, 0.1) is 0 Å². The van der Waals surface area contributed by atoms with Crippen molar-refractivity contribution >= 4 is 27.5 Å². The maximum atomic E-state index is 6.18. The highest BCUT2D eigenvalue weighted by Gasteiger charge is 2.09. The first-order valence-electron chi connectivity index (χ1n) is 6.64. The summed E-state index contributed by atoms with van der Waals surface area (Å²) in [5.41, 5.74) is 3.57. The molecule has 1 nitrogen and oxygen atoms in total. The van der Waals surface area contributed by atoms with E-state index in [1.54, 1.807) is 0 Å². The molecular formula is C17H18BrClO. The smallest absolute Gasteiger partial charge is 0.132 e. The van der Waals surface area contributed by atoms with Gasteiger partial charge in [-0.1, -0.05) is 53.5 Å². The second-order valence-corrected chi connectivity index (χ2v) is 6.09. The molecule has 0 aliphatic rings. The summed E-state index contributed by atoms with van der Waals surface area (Å²) in [4.78, 5) is 0. The lowest BCUT2D eigenvalue weighted by Gasteiger charge is -2.14. The maximum absolute atomic E-state index is 6.18. The van der Waals surface area contributed by atoms with Gasteiger partial charge in [-0.15, -0.1) is 0 Å². The lowest BCUT2D eigenvalue weighted by atomic mass is 9.98. The van der Waals surface area contributed by atoms with Crippen molar-refractivity contribution in [2.24, 2.45) is 0 Å². The third-order valence-electron chi connectivity index (χ3n) is 3.30. The highest BCUT2D eigenvalue weighted by Crippen LogP contribution is 2.33. The van der Waals surface area contributed by atoms with E-state index in [1.165, 1.54) is 11.1 Å². The highest BCUT2D eigenvalue weighted by atomic mass is 79.9. The standard InChI is InChI=1S/C17H18BrClO/c1-11(2)14-8-7-13(9-12(14)3)20-17-6-4-5-16(19)15(17)10-18/h4-9,11H,10H2,1-3H3. The number of benzene rings is 2. The van der Waals surface area contributed by atoms with Crippen molar-refractivity contribution in [2.45, 2.75) is 32.0 Å². The Bertz CT molecular complexity index is 608. The zero-order chi connectivity index (χ0) is 14.7. The van der Waals surface area contributed by atoms with Crippen LogP contribution in [0.1, 0.15) is 36.5 Å². The second kappa shape index (κ2) is 6.64. The number of halogens is 2. The van der Waals surface area contributed by atoms with E-state index in [-0.39, 0.29) is 0 Å². The first kappa shape index (κ1) is 15.4. The summed E-state index contributed by atoms with van der Waals surface area (Å²) in [7, 11) is 0. The summed E-state index contributed by atoms with van der Waals surface area (Å²) in [6.07, 6.45) is 0. The largest absolute Gasteiger partial charge is 0.457 e. The monoisotopic (exact) mass is 352 g/mol. The first-order valence-corrected chi connectivity index (χ1v) is 8.14. The van der Waals surface area contributed by atoms with Crippen molar-refractivity contribution in [2.75, 3.05) is 0 Å². The van der Waals surface area contributed by atoms with E-state index in [2.05, 4.69) is 48.8 Å². The fourth-order valence-electron chi connectivity index (χ4n) is 2.25. The van der Waals surface area contributed by atoms with Crippen LogP contribution < -0.4 is 4.74 Å². The number of rotatable bonds is 4. The molecule has 0 aliphatic carbocycles. The summed E-state index contributed by atoms with van der Waals surface area (Å²) >= 11 is 9.64. The Balaban J connectivity index is 2.31. The van der Waals surface area contributed by atoms with Gasteiger partial charge in [-0.05, 0) is 48.2 Å². The van der Waals surface area contributed by atoms with Crippen LogP contribution in [-0.4, -0.2) is 0 Å². The van der Waals surface area contributed by atoms with Crippen molar-refractivity contribution in [3.05, 3.63) is 58.1 Å². The summed E-state index contributed by atoms with van der Waals surface area (Å²) in [5.74, 6) is 2.16. The van der Waals surface area contributed by atoms with Crippen molar-refractivity contribution < 1.29 is 4.74 Å². The molecule has 0 N–H and O–H groups in total. The van der Waals surface area contributed by atoms with Gasteiger partial charge in [0.1, 0.15) is 11.5 Å². The van der Waals surface area contributed by atoms with Crippen LogP contribution in [0, 0.1) is 6.92 Å². The molecule has 2 aromatic carbocycles. The van der Waals surface area contributed by atoms with Crippen LogP contribution in [0.15, 0.2) is 36.4 Å². The highest BCUT2D eigenvalue weighted by molar-refractivity contribution is 9.08. The molecule has 0 heterocycles.